The smallest absolute Gasteiger partial charge is 0.319 e. The Labute approximate surface area is 175 Å². The molecular weight excluding hydrogens is 382 g/mol. The van der Waals surface area contributed by atoms with Gasteiger partial charge in [0, 0.05) is 24.5 Å². The zero-order valence-electron chi connectivity index (χ0n) is 16.7. The van der Waals surface area contributed by atoms with E-state index in [1.165, 1.54) is 0 Å². The first-order valence-corrected chi connectivity index (χ1v) is 10.0. The van der Waals surface area contributed by atoms with Crippen molar-refractivity contribution in [2.75, 3.05) is 31.2 Å². The minimum Gasteiger partial charge on any atom is -0.460 e. The maximum Gasteiger partial charge on any atom is 0.319 e. The molecule has 0 spiro atoms. The Kier molecular flexibility index (Phi) is 5.99. The topological polar surface area (TPSA) is 79.9 Å². The molecule has 2 aliphatic heterocycles. The molecule has 7 nitrogen and oxygen atoms in total. The number of morpholine rings is 1. The summed E-state index contributed by atoms with van der Waals surface area (Å²) in [7, 11) is 0. The van der Waals surface area contributed by atoms with Gasteiger partial charge in [-0.3, -0.25) is 4.79 Å². The second-order valence-corrected chi connectivity index (χ2v) is 7.36. The number of amides is 2. The van der Waals surface area contributed by atoms with Gasteiger partial charge in [-0.2, -0.15) is 0 Å². The minimum absolute atomic E-state index is 0.167. The largest absolute Gasteiger partial charge is 0.460 e. The second kappa shape index (κ2) is 9.00. The molecule has 0 aromatic heterocycles. The number of anilines is 1. The highest BCUT2D eigenvalue weighted by atomic mass is 16.5. The van der Waals surface area contributed by atoms with Crippen LogP contribution in [-0.2, 0) is 20.9 Å². The predicted molar refractivity (Wildman–Crippen MR) is 113 cm³/mol. The third-order valence-electron chi connectivity index (χ3n) is 5.38. The van der Waals surface area contributed by atoms with Crippen LogP contribution in [0.15, 0.2) is 66.9 Å². The Morgan fingerprint density at radius 2 is 1.80 bits per heavy atom. The summed E-state index contributed by atoms with van der Waals surface area (Å²) in [6, 6.07) is 16.4. The number of hydrogen-bond acceptors (Lipinski definition) is 5. The van der Waals surface area contributed by atoms with Crippen molar-refractivity contribution in [2.24, 2.45) is 5.92 Å². The second-order valence-electron chi connectivity index (χ2n) is 7.36. The van der Waals surface area contributed by atoms with E-state index in [4.69, 9.17) is 9.47 Å². The summed E-state index contributed by atoms with van der Waals surface area (Å²) in [4.78, 5) is 27.2. The quantitative estimate of drug-likeness (QED) is 0.745. The number of ether oxygens (including phenoxy) is 2. The van der Waals surface area contributed by atoms with Crippen molar-refractivity contribution in [1.29, 1.82) is 0 Å². The van der Waals surface area contributed by atoms with Gasteiger partial charge in [0.2, 0.25) is 0 Å². The fraction of sp³-hybridized carbons (Fsp3) is 0.304. The molecule has 7 heteroatoms. The number of carbonyl (C=O) groups excluding carboxylic acids is 2. The molecule has 0 saturated carbocycles. The summed E-state index contributed by atoms with van der Waals surface area (Å²) >= 11 is 0. The van der Waals surface area contributed by atoms with Crippen LogP contribution < -0.4 is 15.5 Å². The number of benzene rings is 2. The summed E-state index contributed by atoms with van der Waals surface area (Å²) in [6.45, 7) is 7.16. The first-order chi connectivity index (χ1) is 14.6. The molecule has 2 unspecified atom stereocenters. The van der Waals surface area contributed by atoms with E-state index in [2.05, 4.69) is 22.1 Å². The van der Waals surface area contributed by atoms with Crippen LogP contribution in [0.25, 0.3) is 0 Å². The van der Waals surface area contributed by atoms with E-state index in [9.17, 15) is 9.59 Å². The van der Waals surface area contributed by atoms with Crippen molar-refractivity contribution >= 4 is 17.7 Å². The Morgan fingerprint density at radius 3 is 2.50 bits per heavy atom. The fourth-order valence-electron chi connectivity index (χ4n) is 3.77. The van der Waals surface area contributed by atoms with Crippen LogP contribution in [0.4, 0.5) is 10.5 Å². The molecule has 2 aromatic rings. The third kappa shape index (κ3) is 4.46. The lowest BCUT2D eigenvalue weighted by atomic mass is 9.89. The van der Waals surface area contributed by atoms with Crippen LogP contribution in [0.2, 0.25) is 0 Å². The average Bonchev–Trinajstić information content (AvgIpc) is 2.78. The standard InChI is InChI=1S/C23H25N3O4/c1-16-20(22(27)30-15-17-5-3-2-4-6-17)21(25-23(28)24-16)18-7-9-19(10-8-18)26-11-13-29-14-12-26/h2-10,20-21H,1,11-15H2,(H2,24,25,28). The first kappa shape index (κ1) is 20.0. The molecule has 2 aliphatic rings. The van der Waals surface area contributed by atoms with Gasteiger partial charge in [-0.05, 0) is 23.3 Å². The molecule has 2 saturated heterocycles. The fourth-order valence-corrected chi connectivity index (χ4v) is 3.77. The Hall–Kier alpha value is -3.32. The molecule has 0 bridgehead atoms. The van der Waals surface area contributed by atoms with Gasteiger partial charge in [-0.1, -0.05) is 49.0 Å². The van der Waals surface area contributed by atoms with Crippen molar-refractivity contribution in [2.45, 2.75) is 12.6 Å². The van der Waals surface area contributed by atoms with E-state index in [0.29, 0.717) is 18.9 Å². The van der Waals surface area contributed by atoms with Gasteiger partial charge < -0.3 is 25.0 Å². The van der Waals surface area contributed by atoms with Crippen LogP contribution in [0.1, 0.15) is 17.2 Å². The maximum absolute atomic E-state index is 12.9. The molecule has 2 atom stereocenters. The van der Waals surface area contributed by atoms with Crippen molar-refractivity contribution in [3.8, 4) is 0 Å². The number of esters is 1. The zero-order valence-corrected chi connectivity index (χ0v) is 16.7. The van der Waals surface area contributed by atoms with Crippen LogP contribution in [-0.4, -0.2) is 38.3 Å². The summed E-state index contributed by atoms with van der Waals surface area (Å²) in [5.74, 6) is -1.15. The number of hydrogen-bond donors (Lipinski definition) is 2. The molecule has 0 radical (unpaired) electrons. The third-order valence-corrected chi connectivity index (χ3v) is 5.38. The molecule has 2 amide bonds. The zero-order chi connectivity index (χ0) is 20.9. The van der Waals surface area contributed by atoms with Crippen LogP contribution in [0, 0.1) is 5.92 Å². The summed E-state index contributed by atoms with van der Waals surface area (Å²) < 4.78 is 10.9. The van der Waals surface area contributed by atoms with E-state index in [-0.39, 0.29) is 12.6 Å². The van der Waals surface area contributed by atoms with E-state index in [1.54, 1.807) is 0 Å². The molecule has 2 fully saturated rings. The summed E-state index contributed by atoms with van der Waals surface area (Å²) in [6.07, 6.45) is 0. The molecule has 2 N–H and O–H groups in total. The highest BCUT2D eigenvalue weighted by Gasteiger charge is 2.39. The van der Waals surface area contributed by atoms with E-state index < -0.39 is 17.9 Å². The van der Waals surface area contributed by atoms with Crippen molar-refractivity contribution in [3.05, 3.63) is 78.0 Å². The number of rotatable bonds is 5. The minimum atomic E-state index is -0.722. The number of nitrogens with one attached hydrogen (secondary N) is 2. The van der Waals surface area contributed by atoms with Gasteiger partial charge in [0.25, 0.3) is 0 Å². The van der Waals surface area contributed by atoms with Crippen LogP contribution >= 0.6 is 0 Å². The van der Waals surface area contributed by atoms with Crippen molar-refractivity contribution in [1.82, 2.24) is 10.6 Å². The lowest BCUT2D eigenvalue weighted by Crippen LogP contribution is -2.51. The summed E-state index contributed by atoms with van der Waals surface area (Å²) in [5, 5.41) is 5.45. The van der Waals surface area contributed by atoms with E-state index in [0.717, 1.165) is 29.9 Å². The van der Waals surface area contributed by atoms with Gasteiger partial charge >= 0.3 is 12.0 Å². The number of urea groups is 1. The molecule has 4 rings (SSSR count). The van der Waals surface area contributed by atoms with E-state index in [1.807, 2.05) is 54.6 Å². The van der Waals surface area contributed by atoms with Gasteiger partial charge in [0.1, 0.15) is 12.5 Å². The number of nitrogens with zero attached hydrogens (tertiary/aromatic N) is 1. The maximum atomic E-state index is 12.9. The number of carbonyl (C=O) groups is 2. The average molecular weight is 407 g/mol. The Balaban J connectivity index is 1.50. The van der Waals surface area contributed by atoms with E-state index >= 15 is 0 Å². The molecule has 30 heavy (non-hydrogen) atoms. The first-order valence-electron chi connectivity index (χ1n) is 10.0. The van der Waals surface area contributed by atoms with Gasteiger partial charge in [0.15, 0.2) is 0 Å². The highest BCUT2D eigenvalue weighted by Crippen LogP contribution is 2.32. The Bertz CT molecular complexity index is 908. The SMILES string of the molecule is C=C1NC(=O)NC(c2ccc(N3CCOCC3)cc2)C1C(=O)OCc1ccccc1. The van der Waals surface area contributed by atoms with Crippen LogP contribution in [0.3, 0.4) is 0 Å². The summed E-state index contributed by atoms with van der Waals surface area (Å²) in [5.41, 5.74) is 3.14. The molecular formula is C23H25N3O4. The monoisotopic (exact) mass is 407 g/mol. The highest BCUT2D eigenvalue weighted by molar-refractivity contribution is 5.85. The van der Waals surface area contributed by atoms with Gasteiger partial charge in [-0.25, -0.2) is 4.79 Å². The molecule has 2 aromatic carbocycles. The van der Waals surface area contributed by atoms with Crippen molar-refractivity contribution in [3.63, 3.8) is 0 Å². The van der Waals surface area contributed by atoms with Crippen LogP contribution in [0.5, 0.6) is 0 Å². The normalized spacial score (nSPS) is 21.5. The predicted octanol–water partition coefficient (Wildman–Crippen LogP) is 2.75. The molecule has 2 heterocycles. The van der Waals surface area contributed by atoms with Gasteiger partial charge in [-0.15, -0.1) is 0 Å². The molecule has 0 aliphatic carbocycles. The van der Waals surface area contributed by atoms with Crippen molar-refractivity contribution < 1.29 is 19.1 Å². The van der Waals surface area contributed by atoms with Gasteiger partial charge in [0.05, 0.1) is 19.3 Å². The Morgan fingerprint density at radius 1 is 1.10 bits per heavy atom. The lowest BCUT2D eigenvalue weighted by Gasteiger charge is -2.34. The lowest BCUT2D eigenvalue weighted by molar-refractivity contribution is -0.149. The molecule has 156 valence electrons.